The van der Waals surface area contributed by atoms with Crippen molar-refractivity contribution in [3.63, 3.8) is 0 Å². The summed E-state index contributed by atoms with van der Waals surface area (Å²) in [5.74, 6) is -0.868. The summed E-state index contributed by atoms with van der Waals surface area (Å²) in [4.78, 5) is 38.3. The molecule has 0 fully saturated rings. The van der Waals surface area contributed by atoms with E-state index in [0.29, 0.717) is 19.3 Å². The number of carbonyl (C=O) groups excluding carboxylic acids is 3. The summed E-state index contributed by atoms with van der Waals surface area (Å²) in [6, 6.07) is 0. The average Bonchev–Trinajstić information content (AvgIpc) is 3.48. The molecule has 0 aliphatic heterocycles. The highest BCUT2D eigenvalue weighted by Gasteiger charge is 2.19. The van der Waals surface area contributed by atoms with Crippen LogP contribution in [0.2, 0.25) is 0 Å². The third-order valence-electron chi connectivity index (χ3n) is 15.3. The van der Waals surface area contributed by atoms with Crippen LogP contribution in [-0.4, -0.2) is 37.2 Å². The molecular weight excluding hydrogens is 1020 g/mol. The third-order valence-corrected chi connectivity index (χ3v) is 15.3. The van der Waals surface area contributed by atoms with Crippen molar-refractivity contribution in [2.24, 2.45) is 0 Å². The molecule has 0 aromatic rings. The molecule has 0 aromatic heterocycles. The van der Waals surface area contributed by atoms with E-state index < -0.39 is 6.10 Å². The van der Waals surface area contributed by atoms with Crippen molar-refractivity contribution < 1.29 is 28.6 Å². The molecule has 0 rings (SSSR count). The number of ether oxygens (including phenoxy) is 3. The maximum Gasteiger partial charge on any atom is 0.306 e. The van der Waals surface area contributed by atoms with E-state index in [1.165, 1.54) is 193 Å². The molecule has 0 aliphatic rings. The molecule has 0 amide bonds. The summed E-state index contributed by atoms with van der Waals surface area (Å²) in [5, 5.41) is 0. The molecule has 83 heavy (non-hydrogen) atoms. The highest BCUT2D eigenvalue weighted by molar-refractivity contribution is 5.71. The molecule has 476 valence electrons. The Morgan fingerprint density at radius 1 is 0.253 bits per heavy atom. The van der Waals surface area contributed by atoms with Crippen LogP contribution < -0.4 is 0 Å². The smallest absolute Gasteiger partial charge is 0.306 e. The lowest BCUT2D eigenvalue weighted by Crippen LogP contribution is -2.30. The van der Waals surface area contributed by atoms with E-state index in [1.54, 1.807) is 0 Å². The largest absolute Gasteiger partial charge is 0.462 e. The number of unbranched alkanes of at least 4 members (excludes halogenated alkanes) is 35. The number of esters is 3. The second kappa shape index (κ2) is 70.6. The minimum Gasteiger partial charge on any atom is -0.462 e. The van der Waals surface area contributed by atoms with E-state index in [2.05, 4.69) is 130 Å². The van der Waals surface area contributed by atoms with Crippen LogP contribution in [0.15, 0.2) is 109 Å². The summed E-state index contributed by atoms with van der Waals surface area (Å²) in [5.41, 5.74) is 0. The molecule has 0 radical (unpaired) electrons. The van der Waals surface area contributed by atoms with Crippen LogP contribution in [0.4, 0.5) is 0 Å². The van der Waals surface area contributed by atoms with Gasteiger partial charge in [0.25, 0.3) is 0 Å². The van der Waals surface area contributed by atoms with Crippen LogP contribution in [0.3, 0.4) is 0 Å². The molecule has 0 heterocycles. The van der Waals surface area contributed by atoms with Crippen molar-refractivity contribution in [1.29, 1.82) is 0 Å². The fourth-order valence-corrected chi connectivity index (χ4v) is 9.99. The quantitative estimate of drug-likeness (QED) is 0.0261. The zero-order valence-electron chi connectivity index (χ0n) is 54.7. The lowest BCUT2D eigenvalue weighted by Gasteiger charge is -2.18. The molecule has 6 nitrogen and oxygen atoms in total. The first kappa shape index (κ1) is 79.1. The summed E-state index contributed by atoms with van der Waals surface area (Å²) >= 11 is 0. The zero-order chi connectivity index (χ0) is 59.9. The Bertz CT molecular complexity index is 1660. The Morgan fingerprint density at radius 3 is 0.759 bits per heavy atom. The Morgan fingerprint density at radius 2 is 0.470 bits per heavy atom. The number of rotatable bonds is 64. The first-order valence-electron chi connectivity index (χ1n) is 35.4. The van der Waals surface area contributed by atoms with Crippen LogP contribution in [0.1, 0.15) is 342 Å². The van der Waals surface area contributed by atoms with Gasteiger partial charge >= 0.3 is 17.9 Å². The molecule has 6 heteroatoms. The van der Waals surface area contributed by atoms with Crippen molar-refractivity contribution in [3.05, 3.63) is 109 Å². The van der Waals surface area contributed by atoms with E-state index >= 15 is 0 Å². The fraction of sp³-hybridized carbons (Fsp3) is 0.727. The lowest BCUT2D eigenvalue weighted by molar-refractivity contribution is -0.167. The first-order chi connectivity index (χ1) is 41.0. The van der Waals surface area contributed by atoms with Gasteiger partial charge in [0.05, 0.1) is 0 Å². The molecule has 0 saturated heterocycles. The Kier molecular flexibility index (Phi) is 67.2. The summed E-state index contributed by atoms with van der Waals surface area (Å²) in [7, 11) is 0. The molecule has 0 saturated carbocycles. The highest BCUT2D eigenvalue weighted by atomic mass is 16.6. The topological polar surface area (TPSA) is 78.9 Å². The maximum absolute atomic E-state index is 12.9. The van der Waals surface area contributed by atoms with Crippen molar-refractivity contribution >= 4 is 17.9 Å². The Balaban J connectivity index is 4.17. The van der Waals surface area contributed by atoms with Crippen LogP contribution in [-0.2, 0) is 28.6 Å². The third kappa shape index (κ3) is 68.7. The molecule has 0 aromatic carbocycles. The summed E-state index contributed by atoms with van der Waals surface area (Å²) < 4.78 is 16.9. The van der Waals surface area contributed by atoms with Crippen molar-refractivity contribution in [2.45, 2.75) is 348 Å². The van der Waals surface area contributed by atoms with E-state index in [0.717, 1.165) is 109 Å². The van der Waals surface area contributed by atoms with Gasteiger partial charge in [0.2, 0.25) is 0 Å². The van der Waals surface area contributed by atoms with E-state index in [-0.39, 0.29) is 31.1 Å². The van der Waals surface area contributed by atoms with Gasteiger partial charge in [-0.2, -0.15) is 0 Å². The lowest BCUT2D eigenvalue weighted by atomic mass is 10.0. The molecule has 1 atom stereocenters. The van der Waals surface area contributed by atoms with Crippen LogP contribution in [0, 0.1) is 0 Å². The maximum atomic E-state index is 12.9. The normalized spacial score (nSPS) is 12.8. The zero-order valence-corrected chi connectivity index (χ0v) is 54.7. The molecule has 0 N–H and O–H groups in total. The molecule has 0 spiro atoms. The average molecular weight is 1150 g/mol. The highest BCUT2D eigenvalue weighted by Crippen LogP contribution is 2.17. The van der Waals surface area contributed by atoms with Gasteiger partial charge in [0, 0.05) is 19.3 Å². The molecular formula is C77H132O6. The Labute approximate surface area is 514 Å². The van der Waals surface area contributed by atoms with Crippen LogP contribution in [0.25, 0.3) is 0 Å². The number of hydrogen-bond acceptors (Lipinski definition) is 6. The predicted octanol–water partition coefficient (Wildman–Crippen LogP) is 24.6. The molecule has 0 bridgehead atoms. The van der Waals surface area contributed by atoms with E-state index in [1.807, 2.05) is 0 Å². The van der Waals surface area contributed by atoms with Crippen LogP contribution >= 0.6 is 0 Å². The minimum atomic E-state index is -0.779. The van der Waals surface area contributed by atoms with Gasteiger partial charge < -0.3 is 14.2 Å². The SMILES string of the molecule is CC/C=C\C/C=C\C/C=C\C/C=C\C/C=C\C/C=C\C/C=C\CCCCCCCCCCCCCCCC(=O)OCC(COC(=O)CCCCCCCCCCCCC)OC(=O)CCCCCCCCCCC/C=C\C/C=C\CCCCC. The van der Waals surface area contributed by atoms with Gasteiger partial charge in [0.1, 0.15) is 13.2 Å². The summed E-state index contributed by atoms with van der Waals surface area (Å²) in [6.45, 7) is 6.52. The van der Waals surface area contributed by atoms with E-state index in [9.17, 15) is 14.4 Å². The van der Waals surface area contributed by atoms with Crippen LogP contribution in [0.5, 0.6) is 0 Å². The van der Waals surface area contributed by atoms with Gasteiger partial charge in [-0.3, -0.25) is 14.4 Å². The van der Waals surface area contributed by atoms with Crippen molar-refractivity contribution in [1.82, 2.24) is 0 Å². The number of allylic oxidation sites excluding steroid dienone is 18. The van der Waals surface area contributed by atoms with Gasteiger partial charge in [-0.1, -0.05) is 323 Å². The first-order valence-corrected chi connectivity index (χ1v) is 35.4. The molecule has 1 unspecified atom stereocenters. The Hall–Kier alpha value is -3.93. The second-order valence-corrected chi connectivity index (χ2v) is 23.4. The second-order valence-electron chi connectivity index (χ2n) is 23.4. The standard InChI is InChI=1S/C77H132O6/c1-4-7-10-13-16-19-22-24-26-28-30-31-32-33-34-35-36-37-38-39-40-41-42-43-44-45-47-48-50-52-55-58-61-64-67-70-76(79)82-73-74(72-81-75(78)69-66-63-60-57-54-21-18-15-12-9-6-3)83-77(80)71-68-65-62-59-56-53-51-49-46-29-27-25-23-20-17-14-11-8-5-2/h7,10,16-17,19-20,24-27,30-31,33-34,36-37,39-40,74H,4-6,8-9,11-15,18,21-23,28-29,32,35,38,41-73H2,1-3H3/b10-7-,19-16-,20-17-,26-24-,27-25-,31-30-,34-33-,37-36-,40-39-. The molecule has 0 aliphatic carbocycles. The summed E-state index contributed by atoms with van der Waals surface area (Å²) in [6.07, 6.45) is 96.9. The van der Waals surface area contributed by atoms with E-state index in [4.69, 9.17) is 14.2 Å². The number of hydrogen-bond donors (Lipinski definition) is 0. The van der Waals surface area contributed by atoms with Gasteiger partial charge in [0.15, 0.2) is 6.10 Å². The van der Waals surface area contributed by atoms with Crippen molar-refractivity contribution in [3.8, 4) is 0 Å². The van der Waals surface area contributed by atoms with Gasteiger partial charge in [-0.05, 0) is 109 Å². The van der Waals surface area contributed by atoms with Crippen molar-refractivity contribution in [2.75, 3.05) is 13.2 Å². The minimum absolute atomic E-state index is 0.0756. The van der Waals surface area contributed by atoms with Gasteiger partial charge in [-0.25, -0.2) is 0 Å². The predicted molar refractivity (Wildman–Crippen MR) is 362 cm³/mol. The fourth-order valence-electron chi connectivity index (χ4n) is 9.99. The monoisotopic (exact) mass is 1150 g/mol. The number of carbonyl (C=O) groups is 3. The van der Waals surface area contributed by atoms with Gasteiger partial charge in [-0.15, -0.1) is 0 Å².